The van der Waals surface area contributed by atoms with Crippen molar-refractivity contribution in [1.82, 2.24) is 15.0 Å². The van der Waals surface area contributed by atoms with Crippen LogP contribution in [0, 0.1) is 0 Å². The summed E-state index contributed by atoms with van der Waals surface area (Å²) in [5.74, 6) is 0.778. The van der Waals surface area contributed by atoms with Crippen molar-refractivity contribution in [2.45, 2.75) is 19.3 Å². The van der Waals surface area contributed by atoms with Gasteiger partial charge in [-0.05, 0) is 30.0 Å². The summed E-state index contributed by atoms with van der Waals surface area (Å²) in [6.07, 6.45) is 0.696. The number of piperazine rings is 1. The highest BCUT2D eigenvalue weighted by Gasteiger charge is 2.28. The Kier molecular flexibility index (Phi) is 6.54. The molecule has 2 heterocycles. The van der Waals surface area contributed by atoms with Crippen LogP contribution in [0.15, 0.2) is 65.2 Å². The highest BCUT2D eigenvalue weighted by Crippen LogP contribution is 2.22. The molecule has 166 valence electrons. The third-order valence-corrected chi connectivity index (χ3v) is 5.85. The van der Waals surface area contributed by atoms with Gasteiger partial charge in [0.2, 0.25) is 5.76 Å². The van der Waals surface area contributed by atoms with Crippen LogP contribution in [0.2, 0.25) is 0 Å². The molecule has 0 bridgehead atoms. The number of nitrogens with zero attached hydrogens (tertiary/aromatic N) is 3. The molecule has 7 nitrogen and oxygen atoms in total. The fourth-order valence-corrected chi connectivity index (χ4v) is 3.98. The summed E-state index contributed by atoms with van der Waals surface area (Å²) in [5, 5.41) is 4.10. The minimum atomic E-state index is -0.194. The zero-order valence-corrected chi connectivity index (χ0v) is 18.4. The SMILES string of the molecule is COc1ccccc1C(=O)N1CCN(C(=O)c2cc(CC(C)c3ccccc3)no2)CC1. The van der Waals surface area contributed by atoms with E-state index in [2.05, 4.69) is 24.2 Å². The Morgan fingerprint density at radius 3 is 2.28 bits per heavy atom. The van der Waals surface area contributed by atoms with E-state index < -0.39 is 0 Å². The Labute approximate surface area is 187 Å². The van der Waals surface area contributed by atoms with Gasteiger partial charge in [-0.3, -0.25) is 9.59 Å². The average molecular weight is 434 g/mol. The van der Waals surface area contributed by atoms with E-state index in [9.17, 15) is 9.59 Å². The molecule has 1 aliphatic heterocycles. The Hall–Kier alpha value is -3.61. The number of ether oxygens (including phenoxy) is 1. The second-order valence-corrected chi connectivity index (χ2v) is 7.98. The third kappa shape index (κ3) is 4.66. The van der Waals surface area contributed by atoms with Crippen LogP contribution in [0.3, 0.4) is 0 Å². The number of aromatic nitrogens is 1. The number of para-hydroxylation sites is 1. The van der Waals surface area contributed by atoms with Crippen molar-refractivity contribution in [2.24, 2.45) is 0 Å². The predicted octanol–water partition coefficient (Wildman–Crippen LogP) is 3.63. The van der Waals surface area contributed by atoms with Crippen molar-refractivity contribution in [3.05, 3.63) is 83.2 Å². The molecule has 0 radical (unpaired) electrons. The Morgan fingerprint density at radius 2 is 1.59 bits per heavy atom. The molecule has 4 rings (SSSR count). The third-order valence-electron chi connectivity index (χ3n) is 5.85. The van der Waals surface area contributed by atoms with Crippen LogP contribution in [0.4, 0.5) is 0 Å². The lowest BCUT2D eigenvalue weighted by atomic mass is 9.96. The second-order valence-electron chi connectivity index (χ2n) is 7.98. The topological polar surface area (TPSA) is 75.9 Å². The average Bonchev–Trinajstić information content (AvgIpc) is 3.32. The van der Waals surface area contributed by atoms with Crippen molar-refractivity contribution in [2.75, 3.05) is 33.3 Å². The van der Waals surface area contributed by atoms with Gasteiger partial charge in [-0.1, -0.05) is 54.5 Å². The molecule has 32 heavy (non-hydrogen) atoms. The van der Waals surface area contributed by atoms with E-state index in [-0.39, 0.29) is 23.5 Å². The molecule has 7 heteroatoms. The van der Waals surface area contributed by atoms with Crippen molar-refractivity contribution < 1.29 is 18.8 Å². The van der Waals surface area contributed by atoms with Crippen molar-refractivity contribution in [3.8, 4) is 5.75 Å². The van der Waals surface area contributed by atoms with Gasteiger partial charge in [0.25, 0.3) is 11.8 Å². The molecular weight excluding hydrogens is 406 g/mol. The summed E-state index contributed by atoms with van der Waals surface area (Å²) in [5.41, 5.74) is 2.51. The molecule has 0 spiro atoms. The van der Waals surface area contributed by atoms with E-state index in [4.69, 9.17) is 9.26 Å². The van der Waals surface area contributed by atoms with Crippen LogP contribution in [0.5, 0.6) is 5.75 Å². The Balaban J connectivity index is 1.34. The Morgan fingerprint density at radius 1 is 0.969 bits per heavy atom. The van der Waals surface area contributed by atoms with Gasteiger partial charge in [0.1, 0.15) is 5.75 Å². The van der Waals surface area contributed by atoms with Crippen molar-refractivity contribution in [1.29, 1.82) is 0 Å². The lowest BCUT2D eigenvalue weighted by molar-refractivity contribution is 0.0511. The fraction of sp³-hybridized carbons (Fsp3) is 0.320. The molecule has 0 aliphatic carbocycles. The van der Waals surface area contributed by atoms with Crippen LogP contribution in [-0.4, -0.2) is 60.1 Å². The molecule has 1 fully saturated rings. The number of hydrogen-bond acceptors (Lipinski definition) is 5. The zero-order chi connectivity index (χ0) is 22.5. The highest BCUT2D eigenvalue weighted by atomic mass is 16.5. The number of carbonyl (C=O) groups excluding carboxylic acids is 2. The van der Waals surface area contributed by atoms with Gasteiger partial charge >= 0.3 is 0 Å². The molecular formula is C25H27N3O4. The Bertz CT molecular complexity index is 1070. The van der Waals surface area contributed by atoms with Crippen LogP contribution >= 0.6 is 0 Å². The minimum Gasteiger partial charge on any atom is -0.496 e. The fourth-order valence-electron chi connectivity index (χ4n) is 3.98. The van der Waals surface area contributed by atoms with Gasteiger partial charge in [-0.15, -0.1) is 0 Å². The first kappa shape index (κ1) is 21.6. The molecule has 2 aromatic carbocycles. The van der Waals surface area contributed by atoms with Gasteiger partial charge in [0.05, 0.1) is 18.4 Å². The zero-order valence-electron chi connectivity index (χ0n) is 18.4. The monoisotopic (exact) mass is 433 g/mol. The number of amides is 2. The first-order chi connectivity index (χ1) is 15.6. The smallest absolute Gasteiger partial charge is 0.292 e. The normalized spacial score (nSPS) is 14.8. The maximum atomic E-state index is 12.9. The van der Waals surface area contributed by atoms with Crippen LogP contribution in [-0.2, 0) is 6.42 Å². The van der Waals surface area contributed by atoms with Gasteiger partial charge in [0.15, 0.2) is 0 Å². The maximum Gasteiger partial charge on any atom is 0.292 e. The van der Waals surface area contributed by atoms with E-state index in [1.165, 1.54) is 5.56 Å². The number of methoxy groups -OCH3 is 1. The molecule has 1 atom stereocenters. The molecule has 1 saturated heterocycles. The molecule has 0 saturated carbocycles. The second kappa shape index (κ2) is 9.68. The van der Waals surface area contributed by atoms with E-state index in [1.807, 2.05) is 30.3 Å². The lowest BCUT2D eigenvalue weighted by Gasteiger charge is -2.34. The maximum absolute atomic E-state index is 12.9. The van der Waals surface area contributed by atoms with Crippen molar-refractivity contribution >= 4 is 11.8 Å². The van der Waals surface area contributed by atoms with E-state index >= 15 is 0 Å². The number of carbonyl (C=O) groups is 2. The lowest BCUT2D eigenvalue weighted by Crippen LogP contribution is -2.50. The molecule has 1 aromatic heterocycles. The summed E-state index contributed by atoms with van der Waals surface area (Å²) in [6.45, 7) is 3.92. The van der Waals surface area contributed by atoms with Gasteiger partial charge in [-0.25, -0.2) is 0 Å². The van der Waals surface area contributed by atoms with Crippen molar-refractivity contribution in [3.63, 3.8) is 0 Å². The first-order valence-corrected chi connectivity index (χ1v) is 10.8. The van der Waals surface area contributed by atoms with Crippen LogP contribution in [0.25, 0.3) is 0 Å². The number of hydrogen-bond donors (Lipinski definition) is 0. The highest BCUT2D eigenvalue weighted by molar-refractivity contribution is 5.97. The summed E-state index contributed by atoms with van der Waals surface area (Å²) < 4.78 is 10.7. The number of rotatable bonds is 6. The van der Waals surface area contributed by atoms with Gasteiger partial charge in [0, 0.05) is 32.2 Å². The standard InChI is InChI=1S/C25H27N3O4/c1-18(19-8-4-3-5-9-19)16-20-17-23(32-26-20)25(30)28-14-12-27(13-15-28)24(29)21-10-6-7-11-22(21)31-2/h3-11,17-18H,12-16H2,1-2H3. The van der Waals surface area contributed by atoms with E-state index in [1.54, 1.807) is 35.1 Å². The molecule has 1 unspecified atom stereocenters. The molecule has 2 amide bonds. The summed E-state index contributed by atoms with van der Waals surface area (Å²) in [7, 11) is 1.55. The molecule has 1 aliphatic rings. The minimum absolute atomic E-state index is 0.0913. The van der Waals surface area contributed by atoms with E-state index in [0.29, 0.717) is 43.9 Å². The largest absolute Gasteiger partial charge is 0.496 e. The van der Waals surface area contributed by atoms with Gasteiger partial charge in [-0.2, -0.15) is 0 Å². The first-order valence-electron chi connectivity index (χ1n) is 10.8. The summed E-state index contributed by atoms with van der Waals surface area (Å²) in [6, 6.07) is 19.1. The van der Waals surface area contributed by atoms with Crippen LogP contribution in [0.1, 0.15) is 45.0 Å². The molecule has 3 aromatic rings. The predicted molar refractivity (Wildman–Crippen MR) is 120 cm³/mol. The summed E-state index contributed by atoms with van der Waals surface area (Å²) >= 11 is 0. The number of benzene rings is 2. The summed E-state index contributed by atoms with van der Waals surface area (Å²) in [4.78, 5) is 29.2. The van der Waals surface area contributed by atoms with Crippen LogP contribution < -0.4 is 4.74 Å². The molecule has 0 N–H and O–H groups in total. The van der Waals surface area contributed by atoms with E-state index in [0.717, 1.165) is 5.69 Å². The van der Waals surface area contributed by atoms with Gasteiger partial charge < -0.3 is 19.1 Å². The quantitative estimate of drug-likeness (QED) is 0.593.